The van der Waals surface area contributed by atoms with Crippen LogP contribution in [0.5, 0.6) is 0 Å². The summed E-state index contributed by atoms with van der Waals surface area (Å²) in [5.41, 5.74) is 1.29. The fourth-order valence-corrected chi connectivity index (χ4v) is 3.83. The number of alkyl halides is 3. The predicted molar refractivity (Wildman–Crippen MR) is 114 cm³/mol. The van der Waals surface area contributed by atoms with Crippen LogP contribution in [0.3, 0.4) is 0 Å². The molecule has 31 heavy (non-hydrogen) atoms. The molecule has 8 heteroatoms. The molecule has 0 aliphatic carbocycles. The molecule has 2 heterocycles. The van der Waals surface area contributed by atoms with Crippen molar-refractivity contribution in [2.24, 2.45) is 0 Å². The molecule has 2 aliphatic rings. The third-order valence-electron chi connectivity index (χ3n) is 5.58. The summed E-state index contributed by atoms with van der Waals surface area (Å²) in [6.45, 7) is 4.05. The van der Waals surface area contributed by atoms with Crippen molar-refractivity contribution in [1.82, 2.24) is 4.90 Å². The highest BCUT2D eigenvalue weighted by atomic mass is 19.4. The van der Waals surface area contributed by atoms with E-state index in [4.69, 9.17) is 4.74 Å². The van der Waals surface area contributed by atoms with Gasteiger partial charge in [0.05, 0.1) is 12.1 Å². The number of benzene rings is 2. The topological polar surface area (TPSA) is 36.0 Å². The van der Waals surface area contributed by atoms with Crippen LogP contribution in [0.1, 0.15) is 11.1 Å². The van der Waals surface area contributed by atoms with E-state index in [9.17, 15) is 18.0 Å². The molecule has 0 atom stereocenters. The third-order valence-corrected chi connectivity index (χ3v) is 5.58. The van der Waals surface area contributed by atoms with Gasteiger partial charge in [-0.15, -0.1) is 0 Å². The second-order valence-corrected chi connectivity index (χ2v) is 7.71. The Hall–Kier alpha value is -3.00. The van der Waals surface area contributed by atoms with E-state index in [1.54, 1.807) is 6.08 Å². The molecule has 5 nitrogen and oxygen atoms in total. The Morgan fingerprint density at radius 2 is 1.71 bits per heavy atom. The summed E-state index contributed by atoms with van der Waals surface area (Å²) in [6.07, 6.45) is -2.78. The van der Waals surface area contributed by atoms with Crippen molar-refractivity contribution >= 4 is 23.4 Å². The van der Waals surface area contributed by atoms with Crippen molar-refractivity contribution in [3.63, 3.8) is 0 Å². The Bertz CT molecular complexity index is 982. The summed E-state index contributed by atoms with van der Waals surface area (Å²) in [5.74, 6) is -0.316. The summed E-state index contributed by atoms with van der Waals surface area (Å²) in [4.78, 5) is 18.9. The Kier molecular flexibility index (Phi) is 5.91. The molecule has 0 saturated carbocycles. The number of ether oxygens (including phenoxy) is 1. The van der Waals surface area contributed by atoms with Gasteiger partial charge in [-0.05, 0) is 37.4 Å². The van der Waals surface area contributed by atoms with Crippen LogP contribution in [0.2, 0.25) is 0 Å². The van der Waals surface area contributed by atoms with Gasteiger partial charge in [-0.1, -0.05) is 24.3 Å². The van der Waals surface area contributed by atoms with E-state index in [0.717, 1.165) is 49.6 Å². The van der Waals surface area contributed by atoms with E-state index < -0.39 is 17.6 Å². The Morgan fingerprint density at radius 3 is 2.45 bits per heavy atom. The Morgan fingerprint density at radius 1 is 0.968 bits per heavy atom. The van der Waals surface area contributed by atoms with E-state index in [1.165, 1.54) is 17.0 Å². The van der Waals surface area contributed by atoms with Crippen molar-refractivity contribution in [3.05, 3.63) is 65.4 Å². The van der Waals surface area contributed by atoms with Crippen LogP contribution in [-0.2, 0) is 15.7 Å². The van der Waals surface area contributed by atoms with Gasteiger partial charge in [0.15, 0.2) is 5.76 Å². The van der Waals surface area contributed by atoms with Gasteiger partial charge in [0, 0.05) is 43.1 Å². The molecule has 0 aromatic heterocycles. The molecular formula is C23H24F3N3O2. The zero-order valence-corrected chi connectivity index (χ0v) is 17.2. The van der Waals surface area contributed by atoms with Gasteiger partial charge >= 0.3 is 6.18 Å². The quantitative estimate of drug-likeness (QED) is 0.692. The number of morpholine rings is 1. The van der Waals surface area contributed by atoms with Crippen LogP contribution in [-0.4, -0.2) is 57.2 Å². The fourth-order valence-electron chi connectivity index (χ4n) is 3.83. The van der Waals surface area contributed by atoms with Crippen LogP contribution in [0.4, 0.5) is 24.5 Å². The first-order valence-corrected chi connectivity index (χ1v) is 10.2. The van der Waals surface area contributed by atoms with E-state index in [2.05, 4.69) is 16.8 Å². The van der Waals surface area contributed by atoms with Gasteiger partial charge in [-0.3, -0.25) is 4.79 Å². The van der Waals surface area contributed by atoms with Crippen LogP contribution in [0.15, 0.2) is 54.3 Å². The van der Waals surface area contributed by atoms with Crippen molar-refractivity contribution in [3.8, 4) is 0 Å². The molecule has 2 aromatic rings. The molecule has 0 N–H and O–H groups in total. The first-order chi connectivity index (χ1) is 14.8. The maximum absolute atomic E-state index is 13.1. The molecule has 2 aliphatic heterocycles. The van der Waals surface area contributed by atoms with Crippen LogP contribution in [0, 0.1) is 0 Å². The number of hydrogen-bond acceptors (Lipinski definition) is 4. The van der Waals surface area contributed by atoms with E-state index in [0.29, 0.717) is 0 Å². The second-order valence-electron chi connectivity index (χ2n) is 7.71. The minimum Gasteiger partial charge on any atom is -0.486 e. The molecule has 0 radical (unpaired) electrons. The summed E-state index contributed by atoms with van der Waals surface area (Å²) in [7, 11) is 2.09. The zero-order valence-electron chi connectivity index (χ0n) is 17.2. The molecular weight excluding hydrogens is 407 g/mol. The number of carbonyl (C=O) groups excluding carboxylic acids is 1. The number of nitrogens with zero attached hydrogens (tertiary/aromatic N) is 3. The zero-order chi connectivity index (χ0) is 22.0. The second kappa shape index (κ2) is 8.63. The van der Waals surface area contributed by atoms with Gasteiger partial charge in [-0.25, -0.2) is 0 Å². The number of para-hydroxylation sites is 1. The monoisotopic (exact) mass is 431 g/mol. The van der Waals surface area contributed by atoms with E-state index in [1.807, 2.05) is 24.3 Å². The van der Waals surface area contributed by atoms with Crippen LogP contribution >= 0.6 is 0 Å². The summed E-state index contributed by atoms with van der Waals surface area (Å²) in [6, 6.07) is 12.6. The predicted octanol–water partition coefficient (Wildman–Crippen LogP) is 3.86. The van der Waals surface area contributed by atoms with Crippen LogP contribution in [0.25, 0.3) is 6.08 Å². The standard InChI is InChI=1S/C23H24F3N3O2/c1-27-9-11-28(12-10-27)20-8-3-2-5-17(20)15-21-22(30)29(13-14-31-21)19-7-4-6-18(16-19)23(24,25)26/h2-8,15-16H,9-14H2,1H3. The van der Waals surface area contributed by atoms with E-state index >= 15 is 0 Å². The number of halogens is 3. The number of piperazine rings is 1. The maximum Gasteiger partial charge on any atom is 0.416 e. The molecule has 2 saturated heterocycles. The van der Waals surface area contributed by atoms with Crippen molar-refractivity contribution in [1.29, 1.82) is 0 Å². The van der Waals surface area contributed by atoms with Gasteiger partial charge in [0.25, 0.3) is 5.91 Å². The minimum absolute atomic E-state index is 0.130. The molecule has 4 rings (SSSR count). The third kappa shape index (κ3) is 4.69. The van der Waals surface area contributed by atoms with E-state index in [-0.39, 0.29) is 24.6 Å². The van der Waals surface area contributed by atoms with Crippen molar-refractivity contribution < 1.29 is 22.7 Å². The average molecular weight is 431 g/mol. The lowest BCUT2D eigenvalue weighted by atomic mass is 10.1. The first kappa shape index (κ1) is 21.2. The summed E-state index contributed by atoms with van der Waals surface area (Å²) >= 11 is 0. The highest BCUT2D eigenvalue weighted by Gasteiger charge is 2.32. The fraction of sp³-hybridized carbons (Fsp3) is 0.348. The number of carbonyl (C=O) groups is 1. The molecule has 0 bridgehead atoms. The van der Waals surface area contributed by atoms with Gasteiger partial charge < -0.3 is 19.4 Å². The average Bonchev–Trinajstić information content (AvgIpc) is 2.76. The summed E-state index contributed by atoms with van der Waals surface area (Å²) in [5, 5.41) is 0. The van der Waals surface area contributed by atoms with Crippen molar-refractivity contribution in [2.45, 2.75) is 6.18 Å². The molecule has 164 valence electrons. The number of hydrogen-bond donors (Lipinski definition) is 0. The lowest BCUT2D eigenvalue weighted by Gasteiger charge is -2.35. The SMILES string of the molecule is CN1CCN(c2ccccc2C=C2OCCN(c3cccc(C(F)(F)F)c3)C2=O)CC1. The summed E-state index contributed by atoms with van der Waals surface area (Å²) < 4.78 is 44.9. The number of anilines is 2. The van der Waals surface area contributed by atoms with Gasteiger partial charge in [0.1, 0.15) is 6.61 Å². The highest BCUT2D eigenvalue weighted by molar-refractivity contribution is 6.07. The number of rotatable bonds is 3. The normalized spacial score (nSPS) is 19.6. The number of amides is 1. The van der Waals surface area contributed by atoms with Crippen molar-refractivity contribution in [2.75, 3.05) is 56.2 Å². The molecule has 0 spiro atoms. The lowest BCUT2D eigenvalue weighted by molar-refractivity contribution is -0.137. The lowest BCUT2D eigenvalue weighted by Crippen LogP contribution is -2.44. The number of likely N-dealkylation sites (N-methyl/N-ethyl adjacent to an activating group) is 1. The van der Waals surface area contributed by atoms with Crippen LogP contribution < -0.4 is 9.80 Å². The minimum atomic E-state index is -4.47. The Labute approximate surface area is 179 Å². The maximum atomic E-state index is 13.1. The highest BCUT2D eigenvalue weighted by Crippen LogP contribution is 2.33. The first-order valence-electron chi connectivity index (χ1n) is 10.2. The molecule has 1 amide bonds. The smallest absolute Gasteiger partial charge is 0.416 e. The molecule has 2 aromatic carbocycles. The molecule has 2 fully saturated rings. The van der Waals surface area contributed by atoms with Gasteiger partial charge in [-0.2, -0.15) is 13.2 Å². The van der Waals surface area contributed by atoms with Gasteiger partial charge in [0.2, 0.25) is 0 Å². The largest absolute Gasteiger partial charge is 0.486 e. The molecule has 0 unspecified atom stereocenters. The Balaban J connectivity index is 1.61.